The molecule has 1 saturated carbocycles. The molecule has 1 fully saturated rings. The molecule has 2 heteroatoms. The van der Waals surface area contributed by atoms with Gasteiger partial charge in [-0.05, 0) is 53.1 Å². The van der Waals surface area contributed by atoms with Crippen LogP contribution in [-0.4, -0.2) is 6.54 Å². The van der Waals surface area contributed by atoms with Crippen molar-refractivity contribution < 1.29 is 0 Å². The van der Waals surface area contributed by atoms with Gasteiger partial charge in [-0.25, -0.2) is 0 Å². The van der Waals surface area contributed by atoms with E-state index in [0.717, 1.165) is 6.54 Å². The van der Waals surface area contributed by atoms with E-state index in [-0.39, 0.29) is 0 Å². The Labute approximate surface area is 99.2 Å². The molecule has 0 heterocycles. The maximum Gasteiger partial charge on any atom is 0.0130 e. The summed E-state index contributed by atoms with van der Waals surface area (Å²) in [4.78, 5) is 0. The first kappa shape index (κ1) is 10.4. The fourth-order valence-corrected chi connectivity index (χ4v) is 2.83. The van der Waals surface area contributed by atoms with Gasteiger partial charge in [-0.2, -0.15) is 0 Å². The van der Waals surface area contributed by atoms with E-state index in [0.29, 0.717) is 5.41 Å². The van der Waals surface area contributed by atoms with Crippen LogP contribution in [0.15, 0.2) is 24.3 Å². The first-order chi connectivity index (χ1) is 6.77. The van der Waals surface area contributed by atoms with Gasteiger partial charge >= 0.3 is 0 Å². The monoisotopic (exact) mass is 301 g/mol. The average molecular weight is 301 g/mol. The second-order valence-corrected chi connectivity index (χ2v) is 5.44. The summed E-state index contributed by atoms with van der Waals surface area (Å²) < 4.78 is 1.30. The summed E-state index contributed by atoms with van der Waals surface area (Å²) in [5, 5.41) is 0. The summed E-state index contributed by atoms with van der Waals surface area (Å²) >= 11 is 2.35. The molecule has 1 aliphatic carbocycles. The number of rotatable bonds is 2. The molecule has 0 aliphatic heterocycles. The zero-order valence-electron chi connectivity index (χ0n) is 8.30. The quantitative estimate of drug-likeness (QED) is 0.835. The first-order valence-electron chi connectivity index (χ1n) is 5.23. The number of hydrogen-bond acceptors (Lipinski definition) is 1. The highest BCUT2D eigenvalue weighted by molar-refractivity contribution is 14.1. The summed E-state index contributed by atoms with van der Waals surface area (Å²) in [5.41, 5.74) is 7.68. The van der Waals surface area contributed by atoms with Crippen LogP contribution in [0.2, 0.25) is 0 Å². The number of hydrogen-bond donors (Lipinski definition) is 1. The molecular weight excluding hydrogens is 285 g/mol. The molecule has 0 amide bonds. The van der Waals surface area contributed by atoms with Crippen molar-refractivity contribution in [1.82, 2.24) is 0 Å². The van der Waals surface area contributed by atoms with Crippen molar-refractivity contribution in [2.45, 2.75) is 31.1 Å². The van der Waals surface area contributed by atoms with Gasteiger partial charge < -0.3 is 5.73 Å². The molecule has 2 N–H and O–H groups in total. The van der Waals surface area contributed by atoms with E-state index in [1.807, 2.05) is 0 Å². The topological polar surface area (TPSA) is 26.0 Å². The number of nitrogens with two attached hydrogens (primary N) is 1. The largest absolute Gasteiger partial charge is 0.330 e. The molecular formula is C12H16IN. The maximum absolute atomic E-state index is 5.94. The minimum absolute atomic E-state index is 0.296. The molecule has 0 atom stereocenters. The fraction of sp³-hybridized carbons (Fsp3) is 0.500. The van der Waals surface area contributed by atoms with Gasteiger partial charge in [-0.1, -0.05) is 25.0 Å². The highest BCUT2D eigenvalue weighted by Crippen LogP contribution is 2.40. The lowest BCUT2D eigenvalue weighted by atomic mass is 9.79. The minimum Gasteiger partial charge on any atom is -0.330 e. The lowest BCUT2D eigenvalue weighted by Gasteiger charge is -2.27. The van der Waals surface area contributed by atoms with Gasteiger partial charge in [0.15, 0.2) is 0 Å². The molecule has 0 aromatic heterocycles. The van der Waals surface area contributed by atoms with Crippen LogP contribution in [0.4, 0.5) is 0 Å². The Kier molecular flexibility index (Phi) is 3.12. The summed E-state index contributed by atoms with van der Waals surface area (Å²) in [6.45, 7) is 0.799. The summed E-state index contributed by atoms with van der Waals surface area (Å²) in [5.74, 6) is 0. The van der Waals surface area contributed by atoms with Crippen LogP contribution in [0.1, 0.15) is 31.2 Å². The third-order valence-electron chi connectivity index (χ3n) is 3.41. The van der Waals surface area contributed by atoms with Gasteiger partial charge in [-0.3, -0.25) is 0 Å². The van der Waals surface area contributed by atoms with Crippen molar-refractivity contribution in [3.8, 4) is 0 Å². The first-order valence-corrected chi connectivity index (χ1v) is 6.31. The molecule has 1 aliphatic rings. The molecule has 2 rings (SSSR count). The van der Waals surface area contributed by atoms with Crippen LogP contribution >= 0.6 is 22.6 Å². The Morgan fingerprint density at radius 1 is 1.14 bits per heavy atom. The lowest BCUT2D eigenvalue weighted by Crippen LogP contribution is -2.31. The molecule has 76 valence electrons. The van der Waals surface area contributed by atoms with Crippen molar-refractivity contribution >= 4 is 22.6 Å². The fourth-order valence-electron chi connectivity index (χ4n) is 2.47. The Balaban J connectivity index is 2.31. The third kappa shape index (κ3) is 1.82. The van der Waals surface area contributed by atoms with Gasteiger partial charge in [0.25, 0.3) is 0 Å². The van der Waals surface area contributed by atoms with Crippen molar-refractivity contribution in [1.29, 1.82) is 0 Å². The predicted molar refractivity (Wildman–Crippen MR) is 68.4 cm³/mol. The molecule has 1 nitrogen and oxygen atoms in total. The van der Waals surface area contributed by atoms with Crippen LogP contribution in [0.25, 0.3) is 0 Å². The van der Waals surface area contributed by atoms with Gasteiger partial charge in [0, 0.05) is 15.5 Å². The van der Waals surface area contributed by atoms with Gasteiger partial charge in [0.05, 0.1) is 0 Å². The summed E-state index contributed by atoms with van der Waals surface area (Å²) in [7, 11) is 0. The van der Waals surface area contributed by atoms with E-state index in [1.54, 1.807) is 0 Å². The third-order valence-corrected chi connectivity index (χ3v) is 4.13. The highest BCUT2D eigenvalue weighted by atomic mass is 127. The van der Waals surface area contributed by atoms with E-state index >= 15 is 0 Å². The van der Waals surface area contributed by atoms with Crippen molar-refractivity contribution in [2.24, 2.45) is 5.73 Å². The van der Waals surface area contributed by atoms with Gasteiger partial charge in [0.1, 0.15) is 0 Å². The predicted octanol–water partition coefficient (Wildman–Crippen LogP) is 3.06. The van der Waals surface area contributed by atoms with Crippen LogP contribution in [0, 0.1) is 3.57 Å². The Morgan fingerprint density at radius 3 is 2.21 bits per heavy atom. The molecule has 0 radical (unpaired) electrons. The molecule has 0 unspecified atom stereocenters. The van der Waals surface area contributed by atoms with E-state index in [9.17, 15) is 0 Å². The zero-order chi connectivity index (χ0) is 10.0. The second kappa shape index (κ2) is 4.19. The van der Waals surface area contributed by atoms with Crippen molar-refractivity contribution in [3.05, 3.63) is 33.4 Å². The smallest absolute Gasteiger partial charge is 0.0130 e. The molecule has 1 aromatic carbocycles. The van der Waals surface area contributed by atoms with Crippen LogP contribution < -0.4 is 5.73 Å². The molecule has 1 aromatic rings. The summed E-state index contributed by atoms with van der Waals surface area (Å²) in [6, 6.07) is 8.87. The Hall–Kier alpha value is -0.0900. The minimum atomic E-state index is 0.296. The van der Waals surface area contributed by atoms with Crippen LogP contribution in [0.5, 0.6) is 0 Å². The number of halogens is 1. The normalized spacial score (nSPS) is 19.9. The highest BCUT2D eigenvalue weighted by Gasteiger charge is 2.33. The lowest BCUT2D eigenvalue weighted by molar-refractivity contribution is 0.453. The Bertz CT molecular complexity index is 299. The second-order valence-electron chi connectivity index (χ2n) is 4.20. The standard InChI is InChI=1S/C12H16IN/c13-11-5-3-10(4-6-11)12(9-14)7-1-2-8-12/h3-6H,1-2,7-9,14H2. The van der Waals surface area contributed by atoms with Crippen molar-refractivity contribution in [2.75, 3.05) is 6.54 Å². The van der Waals surface area contributed by atoms with Crippen LogP contribution in [-0.2, 0) is 5.41 Å². The zero-order valence-corrected chi connectivity index (χ0v) is 10.5. The van der Waals surface area contributed by atoms with Crippen molar-refractivity contribution in [3.63, 3.8) is 0 Å². The van der Waals surface area contributed by atoms with E-state index in [1.165, 1.54) is 34.8 Å². The molecule has 0 spiro atoms. The average Bonchev–Trinajstić information content (AvgIpc) is 2.68. The van der Waals surface area contributed by atoms with Gasteiger partial charge in [-0.15, -0.1) is 0 Å². The molecule has 0 bridgehead atoms. The molecule has 14 heavy (non-hydrogen) atoms. The van der Waals surface area contributed by atoms with E-state index < -0.39 is 0 Å². The van der Waals surface area contributed by atoms with E-state index in [2.05, 4.69) is 46.9 Å². The van der Waals surface area contributed by atoms with Crippen LogP contribution in [0.3, 0.4) is 0 Å². The van der Waals surface area contributed by atoms with E-state index in [4.69, 9.17) is 5.73 Å². The van der Waals surface area contributed by atoms with Gasteiger partial charge in [0.2, 0.25) is 0 Å². The number of benzene rings is 1. The maximum atomic E-state index is 5.94. The summed E-state index contributed by atoms with van der Waals surface area (Å²) in [6.07, 6.45) is 5.21. The molecule has 0 saturated heterocycles. The SMILES string of the molecule is NCC1(c2ccc(I)cc2)CCCC1. The Morgan fingerprint density at radius 2 is 1.71 bits per heavy atom.